The van der Waals surface area contributed by atoms with Crippen LogP contribution in [0.2, 0.25) is 0 Å². The largest absolute Gasteiger partial charge is 0.388 e. The van der Waals surface area contributed by atoms with E-state index in [0.29, 0.717) is 12.5 Å². The first-order valence-corrected chi connectivity index (χ1v) is 6.41. The number of fused-ring (bicyclic) bond motifs is 1. The van der Waals surface area contributed by atoms with E-state index >= 15 is 0 Å². The topological polar surface area (TPSA) is 59.7 Å². The lowest BCUT2D eigenvalue weighted by Gasteiger charge is -2.12. The molecular formula is C13H17N3O2. The number of aliphatic hydroxyl groups is 1. The van der Waals surface area contributed by atoms with Gasteiger partial charge in [-0.25, -0.2) is 4.52 Å². The molecule has 1 N–H and O–H groups in total. The molecule has 2 atom stereocenters. The smallest absolute Gasteiger partial charge is 0.0902 e. The molecule has 2 aromatic rings. The van der Waals surface area contributed by atoms with Crippen LogP contribution in [0.4, 0.5) is 0 Å². The molecule has 1 aliphatic rings. The summed E-state index contributed by atoms with van der Waals surface area (Å²) in [4.78, 5) is 4.07. The van der Waals surface area contributed by atoms with Gasteiger partial charge in [-0.15, -0.1) is 0 Å². The minimum Gasteiger partial charge on any atom is -0.388 e. The van der Waals surface area contributed by atoms with Gasteiger partial charge in [0.2, 0.25) is 0 Å². The highest BCUT2D eigenvalue weighted by Gasteiger charge is 2.19. The fourth-order valence-electron chi connectivity index (χ4n) is 2.48. The van der Waals surface area contributed by atoms with Crippen LogP contribution in [0.5, 0.6) is 0 Å². The Bertz CT molecular complexity index is 520. The molecule has 1 aliphatic heterocycles. The third kappa shape index (κ3) is 2.23. The summed E-state index contributed by atoms with van der Waals surface area (Å²) in [5, 5.41) is 14.4. The van der Waals surface area contributed by atoms with Crippen molar-refractivity contribution in [2.45, 2.75) is 37.9 Å². The third-order valence-corrected chi connectivity index (χ3v) is 3.50. The van der Waals surface area contributed by atoms with Gasteiger partial charge in [0.1, 0.15) is 0 Å². The molecule has 1 saturated heterocycles. The van der Waals surface area contributed by atoms with Crippen LogP contribution in [0.1, 0.15) is 37.4 Å². The standard InChI is InChI=1S/C13H17N3O2/c17-13(4-3-10-2-1-7-18-10)11-8-15-16-6-5-14-9-12(11)16/h5-6,8-10,13,17H,1-4,7H2. The average Bonchev–Trinajstić information content (AvgIpc) is 3.05. The molecule has 3 rings (SSSR count). The highest BCUT2D eigenvalue weighted by molar-refractivity contribution is 5.52. The molecule has 5 nitrogen and oxygen atoms in total. The molecule has 0 bridgehead atoms. The molecule has 0 aliphatic carbocycles. The van der Waals surface area contributed by atoms with E-state index in [1.165, 1.54) is 0 Å². The zero-order valence-electron chi connectivity index (χ0n) is 10.2. The van der Waals surface area contributed by atoms with Crippen LogP contribution in [0.3, 0.4) is 0 Å². The molecule has 0 radical (unpaired) electrons. The maximum atomic E-state index is 10.2. The van der Waals surface area contributed by atoms with Crippen molar-refractivity contribution < 1.29 is 9.84 Å². The molecule has 5 heteroatoms. The molecule has 96 valence electrons. The Morgan fingerprint density at radius 3 is 3.28 bits per heavy atom. The molecule has 2 aromatic heterocycles. The second-order valence-electron chi connectivity index (χ2n) is 4.73. The summed E-state index contributed by atoms with van der Waals surface area (Å²) in [5.41, 5.74) is 1.72. The number of hydrogen-bond donors (Lipinski definition) is 1. The maximum absolute atomic E-state index is 10.2. The summed E-state index contributed by atoms with van der Waals surface area (Å²) in [6.45, 7) is 0.862. The highest BCUT2D eigenvalue weighted by Crippen LogP contribution is 2.26. The van der Waals surface area contributed by atoms with Crippen molar-refractivity contribution in [2.75, 3.05) is 6.61 Å². The van der Waals surface area contributed by atoms with Crippen molar-refractivity contribution in [1.82, 2.24) is 14.6 Å². The number of aromatic nitrogens is 3. The molecule has 18 heavy (non-hydrogen) atoms. The fourth-order valence-corrected chi connectivity index (χ4v) is 2.48. The fraction of sp³-hybridized carbons (Fsp3) is 0.538. The van der Waals surface area contributed by atoms with Gasteiger partial charge >= 0.3 is 0 Å². The molecule has 2 unspecified atom stereocenters. The SMILES string of the molecule is OC(CCC1CCCO1)c1cnn2ccncc12. The van der Waals surface area contributed by atoms with Gasteiger partial charge in [0.05, 0.1) is 30.1 Å². The van der Waals surface area contributed by atoms with Crippen LogP contribution < -0.4 is 0 Å². The summed E-state index contributed by atoms with van der Waals surface area (Å²) in [6, 6.07) is 0. The summed E-state index contributed by atoms with van der Waals surface area (Å²) in [7, 11) is 0. The van der Waals surface area contributed by atoms with E-state index < -0.39 is 6.10 Å². The monoisotopic (exact) mass is 247 g/mol. The van der Waals surface area contributed by atoms with Crippen molar-refractivity contribution in [1.29, 1.82) is 0 Å². The zero-order chi connectivity index (χ0) is 12.4. The second kappa shape index (κ2) is 5.04. The Labute approximate surface area is 105 Å². The first kappa shape index (κ1) is 11.6. The van der Waals surface area contributed by atoms with Crippen molar-refractivity contribution in [3.05, 3.63) is 30.4 Å². The average molecular weight is 247 g/mol. The molecule has 0 saturated carbocycles. The van der Waals surface area contributed by atoms with E-state index in [1.54, 1.807) is 29.3 Å². The predicted molar refractivity (Wildman–Crippen MR) is 66.2 cm³/mol. The molecular weight excluding hydrogens is 230 g/mol. The van der Waals surface area contributed by atoms with Crippen LogP contribution in [0.25, 0.3) is 5.52 Å². The Kier molecular flexibility index (Phi) is 3.25. The molecule has 3 heterocycles. The lowest BCUT2D eigenvalue weighted by molar-refractivity contribution is 0.0815. The van der Waals surface area contributed by atoms with Crippen molar-refractivity contribution in [3.63, 3.8) is 0 Å². The number of rotatable bonds is 4. The molecule has 1 fully saturated rings. The minimum atomic E-state index is -0.490. The van der Waals surface area contributed by atoms with Gasteiger partial charge in [-0.3, -0.25) is 4.98 Å². The Hall–Kier alpha value is -1.46. The quantitative estimate of drug-likeness (QED) is 0.893. The van der Waals surface area contributed by atoms with E-state index in [4.69, 9.17) is 4.74 Å². The van der Waals surface area contributed by atoms with Crippen LogP contribution in [0.15, 0.2) is 24.8 Å². The van der Waals surface area contributed by atoms with Crippen LogP contribution in [-0.2, 0) is 4.74 Å². The van der Waals surface area contributed by atoms with E-state index in [2.05, 4.69) is 10.1 Å². The first-order valence-electron chi connectivity index (χ1n) is 6.41. The zero-order valence-corrected chi connectivity index (χ0v) is 10.2. The number of aliphatic hydroxyl groups excluding tert-OH is 1. The lowest BCUT2D eigenvalue weighted by atomic mass is 10.0. The lowest BCUT2D eigenvalue weighted by Crippen LogP contribution is -2.07. The summed E-state index contributed by atoms with van der Waals surface area (Å²) in [6.07, 6.45) is 10.6. The van der Waals surface area contributed by atoms with Gasteiger partial charge in [-0.1, -0.05) is 0 Å². The van der Waals surface area contributed by atoms with Crippen molar-refractivity contribution in [2.24, 2.45) is 0 Å². The Morgan fingerprint density at radius 2 is 2.44 bits per heavy atom. The Morgan fingerprint density at radius 1 is 1.50 bits per heavy atom. The van der Waals surface area contributed by atoms with Gasteiger partial charge in [0, 0.05) is 24.6 Å². The van der Waals surface area contributed by atoms with Crippen molar-refractivity contribution >= 4 is 5.52 Å². The minimum absolute atomic E-state index is 0.319. The Balaban J connectivity index is 1.69. The van der Waals surface area contributed by atoms with Gasteiger partial charge in [-0.05, 0) is 25.7 Å². The van der Waals surface area contributed by atoms with Gasteiger partial charge in [0.15, 0.2) is 0 Å². The van der Waals surface area contributed by atoms with Crippen molar-refractivity contribution in [3.8, 4) is 0 Å². The molecule has 0 amide bonds. The first-order chi connectivity index (χ1) is 8.84. The van der Waals surface area contributed by atoms with Gasteiger partial charge in [-0.2, -0.15) is 5.10 Å². The summed E-state index contributed by atoms with van der Waals surface area (Å²) < 4.78 is 7.30. The van der Waals surface area contributed by atoms with E-state index in [9.17, 15) is 5.11 Å². The highest BCUT2D eigenvalue weighted by atomic mass is 16.5. The van der Waals surface area contributed by atoms with E-state index in [-0.39, 0.29) is 0 Å². The molecule has 0 spiro atoms. The summed E-state index contributed by atoms with van der Waals surface area (Å²) in [5.74, 6) is 0. The predicted octanol–water partition coefficient (Wildman–Crippen LogP) is 1.72. The van der Waals surface area contributed by atoms with Crippen LogP contribution in [-0.4, -0.2) is 32.4 Å². The van der Waals surface area contributed by atoms with E-state index in [1.807, 2.05) is 0 Å². The number of hydrogen-bond acceptors (Lipinski definition) is 4. The second-order valence-corrected chi connectivity index (χ2v) is 4.73. The van der Waals surface area contributed by atoms with Crippen LogP contribution >= 0.6 is 0 Å². The van der Waals surface area contributed by atoms with E-state index in [0.717, 1.165) is 36.9 Å². The van der Waals surface area contributed by atoms with Gasteiger partial charge < -0.3 is 9.84 Å². The number of ether oxygens (including phenoxy) is 1. The molecule has 0 aromatic carbocycles. The number of nitrogens with zero attached hydrogens (tertiary/aromatic N) is 3. The normalized spacial score (nSPS) is 21.5. The maximum Gasteiger partial charge on any atom is 0.0902 e. The van der Waals surface area contributed by atoms with Crippen LogP contribution in [0, 0.1) is 0 Å². The summed E-state index contributed by atoms with van der Waals surface area (Å²) >= 11 is 0. The third-order valence-electron chi connectivity index (χ3n) is 3.50. The van der Waals surface area contributed by atoms with Gasteiger partial charge in [0.25, 0.3) is 0 Å².